The fourth-order valence-corrected chi connectivity index (χ4v) is 4.17. The molecule has 1 aliphatic heterocycles. The van der Waals surface area contributed by atoms with Gasteiger partial charge in [0, 0.05) is 38.3 Å². The molecule has 0 radical (unpaired) electrons. The first-order valence-electron chi connectivity index (χ1n) is 10.2. The third-order valence-electron chi connectivity index (χ3n) is 5.08. The Morgan fingerprint density at radius 2 is 1.91 bits per heavy atom. The van der Waals surface area contributed by atoms with Crippen molar-refractivity contribution in [2.75, 3.05) is 38.6 Å². The Morgan fingerprint density at radius 3 is 2.60 bits per heavy atom. The lowest BCUT2D eigenvalue weighted by Gasteiger charge is -2.34. The lowest BCUT2D eigenvalue weighted by Crippen LogP contribution is -2.49. The number of halogens is 4. The van der Waals surface area contributed by atoms with Gasteiger partial charge in [0.2, 0.25) is 5.88 Å². The number of rotatable bonds is 5. The van der Waals surface area contributed by atoms with Gasteiger partial charge in [0.1, 0.15) is 17.9 Å². The molecule has 0 atom stereocenters. The summed E-state index contributed by atoms with van der Waals surface area (Å²) in [7, 11) is 1.45. The lowest BCUT2D eigenvalue weighted by atomic mass is 10.1. The zero-order valence-corrected chi connectivity index (χ0v) is 19.0. The molecular formula is C20H18F4N6O4S. The molecule has 0 bridgehead atoms. The minimum Gasteiger partial charge on any atom is -0.479 e. The molecule has 0 spiro atoms. The van der Waals surface area contributed by atoms with E-state index in [1.165, 1.54) is 13.4 Å². The number of urea groups is 1. The number of benzene rings is 1. The van der Waals surface area contributed by atoms with Crippen LogP contribution in [0.2, 0.25) is 0 Å². The van der Waals surface area contributed by atoms with Crippen molar-refractivity contribution in [3.05, 3.63) is 35.9 Å². The van der Waals surface area contributed by atoms with Crippen LogP contribution in [0.25, 0.3) is 10.3 Å². The van der Waals surface area contributed by atoms with E-state index in [-0.39, 0.29) is 29.8 Å². The number of nitrogens with zero attached hydrogens (tertiary/aromatic N) is 5. The van der Waals surface area contributed by atoms with E-state index in [1.807, 2.05) is 4.90 Å². The Hall–Kier alpha value is -3.59. The second-order valence-corrected chi connectivity index (χ2v) is 8.37. The second-order valence-electron chi connectivity index (χ2n) is 7.39. The van der Waals surface area contributed by atoms with Crippen molar-refractivity contribution in [3.8, 4) is 11.6 Å². The van der Waals surface area contributed by atoms with Gasteiger partial charge in [-0.3, -0.25) is 10.2 Å². The van der Waals surface area contributed by atoms with E-state index in [1.54, 1.807) is 4.90 Å². The summed E-state index contributed by atoms with van der Waals surface area (Å²) in [5.74, 6) is -3.14. The fourth-order valence-electron chi connectivity index (χ4n) is 3.39. The van der Waals surface area contributed by atoms with Crippen molar-refractivity contribution in [1.82, 2.24) is 24.8 Å². The van der Waals surface area contributed by atoms with Crippen LogP contribution < -0.4 is 14.8 Å². The summed E-state index contributed by atoms with van der Waals surface area (Å²) in [5.41, 5.74) is 0.516. The molecule has 0 saturated carbocycles. The lowest BCUT2D eigenvalue weighted by molar-refractivity contribution is -0.189. The van der Waals surface area contributed by atoms with Gasteiger partial charge in [-0.05, 0) is 18.2 Å². The first-order chi connectivity index (χ1) is 16.6. The number of thiazole rings is 1. The topological polar surface area (TPSA) is 110 Å². The van der Waals surface area contributed by atoms with Gasteiger partial charge >= 0.3 is 18.2 Å². The minimum absolute atomic E-state index is 0.0318. The molecule has 3 heterocycles. The Kier molecular flexibility index (Phi) is 6.98. The third kappa shape index (κ3) is 5.74. The Morgan fingerprint density at radius 1 is 1.17 bits per heavy atom. The van der Waals surface area contributed by atoms with Crippen molar-refractivity contribution in [2.24, 2.45) is 0 Å². The quantitative estimate of drug-likeness (QED) is 0.314. The number of piperazine rings is 1. The van der Waals surface area contributed by atoms with Crippen molar-refractivity contribution < 1.29 is 36.6 Å². The van der Waals surface area contributed by atoms with Crippen LogP contribution in [0, 0.1) is 5.82 Å². The number of ether oxygens (including phenoxy) is 2. The maximum Gasteiger partial charge on any atom is 0.491 e. The van der Waals surface area contributed by atoms with Gasteiger partial charge in [-0.2, -0.15) is 18.2 Å². The highest BCUT2D eigenvalue weighted by molar-refractivity contribution is 7.22. The molecule has 2 amide bonds. The molecule has 15 heteroatoms. The molecule has 4 rings (SSSR count). The molecule has 1 aromatic carbocycles. The van der Waals surface area contributed by atoms with Gasteiger partial charge in [-0.1, -0.05) is 11.3 Å². The SMILES string of the molecule is COc1ncnc2sc(NC(=O)N3CCN(Cc4cc(F)ccc4OC(=O)C(F)(F)F)CC3)nc12. The highest BCUT2D eigenvalue weighted by Gasteiger charge is 2.41. The van der Waals surface area contributed by atoms with E-state index in [4.69, 9.17) is 4.74 Å². The number of amides is 2. The van der Waals surface area contributed by atoms with Crippen LogP contribution in [0.3, 0.4) is 0 Å². The summed E-state index contributed by atoms with van der Waals surface area (Å²) in [5, 5.41) is 3.03. The van der Waals surface area contributed by atoms with Crippen molar-refractivity contribution in [3.63, 3.8) is 0 Å². The normalized spacial score (nSPS) is 14.7. The van der Waals surface area contributed by atoms with Crippen molar-refractivity contribution >= 4 is 38.8 Å². The number of esters is 1. The van der Waals surface area contributed by atoms with Crippen LogP contribution in [-0.4, -0.2) is 76.2 Å². The van der Waals surface area contributed by atoms with E-state index >= 15 is 0 Å². The summed E-state index contributed by atoms with van der Waals surface area (Å²) in [6.07, 6.45) is -3.84. The maximum atomic E-state index is 13.7. The Labute approximate surface area is 199 Å². The van der Waals surface area contributed by atoms with Crippen molar-refractivity contribution in [2.45, 2.75) is 12.7 Å². The fraction of sp³-hybridized carbons (Fsp3) is 0.350. The molecule has 0 unspecified atom stereocenters. The molecule has 1 fully saturated rings. The largest absolute Gasteiger partial charge is 0.491 e. The predicted octanol–water partition coefficient (Wildman–Crippen LogP) is 3.05. The third-order valence-corrected chi connectivity index (χ3v) is 5.96. The van der Waals surface area contributed by atoms with Crippen LogP contribution in [0.15, 0.2) is 24.5 Å². The molecule has 1 N–H and O–H groups in total. The van der Waals surface area contributed by atoms with Crippen LogP contribution >= 0.6 is 11.3 Å². The Bertz CT molecular complexity index is 1250. The van der Waals surface area contributed by atoms with Gasteiger partial charge < -0.3 is 14.4 Å². The van der Waals surface area contributed by atoms with Gasteiger partial charge in [-0.15, -0.1) is 0 Å². The zero-order chi connectivity index (χ0) is 25.2. The molecule has 10 nitrogen and oxygen atoms in total. The summed E-state index contributed by atoms with van der Waals surface area (Å²) >= 11 is 1.16. The number of nitrogens with one attached hydrogen (secondary N) is 1. The van der Waals surface area contributed by atoms with Crippen LogP contribution in [0.1, 0.15) is 5.56 Å². The summed E-state index contributed by atoms with van der Waals surface area (Å²) in [6.45, 7) is 1.34. The van der Waals surface area contributed by atoms with E-state index < -0.39 is 18.0 Å². The molecule has 186 valence electrons. The highest BCUT2D eigenvalue weighted by atomic mass is 32.1. The van der Waals surface area contributed by atoms with Crippen LogP contribution in [-0.2, 0) is 11.3 Å². The molecule has 1 saturated heterocycles. The predicted molar refractivity (Wildman–Crippen MR) is 116 cm³/mol. The molecule has 0 aliphatic carbocycles. The van der Waals surface area contributed by atoms with Crippen LogP contribution in [0.4, 0.5) is 27.5 Å². The summed E-state index contributed by atoms with van der Waals surface area (Å²) in [6, 6.07) is 2.52. The number of alkyl halides is 3. The van der Waals surface area contributed by atoms with Gasteiger partial charge in [0.05, 0.1) is 7.11 Å². The molecule has 35 heavy (non-hydrogen) atoms. The molecule has 1 aliphatic rings. The smallest absolute Gasteiger partial charge is 0.479 e. The number of anilines is 1. The average molecular weight is 514 g/mol. The number of carbonyl (C=O) groups excluding carboxylic acids is 2. The van der Waals surface area contributed by atoms with E-state index in [0.717, 1.165) is 29.5 Å². The molecule has 3 aromatic rings. The van der Waals surface area contributed by atoms with E-state index in [0.29, 0.717) is 41.7 Å². The Balaban J connectivity index is 1.36. The van der Waals surface area contributed by atoms with Gasteiger partial charge in [-0.25, -0.2) is 23.9 Å². The number of hydrogen-bond donors (Lipinski definition) is 1. The van der Waals surface area contributed by atoms with E-state index in [9.17, 15) is 27.2 Å². The highest BCUT2D eigenvalue weighted by Crippen LogP contribution is 2.29. The van der Waals surface area contributed by atoms with Gasteiger partial charge in [0.25, 0.3) is 0 Å². The van der Waals surface area contributed by atoms with E-state index in [2.05, 4.69) is 25.0 Å². The summed E-state index contributed by atoms with van der Waals surface area (Å²) in [4.78, 5) is 40.1. The number of carbonyl (C=O) groups is 2. The monoisotopic (exact) mass is 514 g/mol. The molecule has 2 aromatic heterocycles. The number of hydrogen-bond acceptors (Lipinski definition) is 9. The standard InChI is InChI=1S/C20H18F4N6O4S/c1-33-15-14-16(26-10-25-15)35-18(27-14)28-19(32)30-6-4-29(5-7-30)9-11-8-12(21)2-3-13(11)34-17(31)20(22,23)24/h2-3,8,10H,4-7,9H2,1H3,(H,27,28,32). The second kappa shape index (κ2) is 9.95. The number of fused-ring (bicyclic) bond motifs is 1. The van der Waals surface area contributed by atoms with Gasteiger partial charge in [0.15, 0.2) is 15.5 Å². The first-order valence-corrected chi connectivity index (χ1v) is 11.0. The van der Waals surface area contributed by atoms with Crippen LogP contribution in [0.5, 0.6) is 11.6 Å². The van der Waals surface area contributed by atoms with Crippen molar-refractivity contribution in [1.29, 1.82) is 0 Å². The molecular weight excluding hydrogens is 496 g/mol. The number of aromatic nitrogens is 3. The minimum atomic E-state index is -5.17. The maximum absolute atomic E-state index is 13.7. The first kappa shape index (κ1) is 24.5. The number of methoxy groups -OCH3 is 1. The summed E-state index contributed by atoms with van der Waals surface area (Å²) < 4.78 is 60.9. The average Bonchev–Trinajstić information content (AvgIpc) is 3.23. The zero-order valence-electron chi connectivity index (χ0n) is 18.1.